The van der Waals surface area contributed by atoms with Crippen LogP contribution in [0.15, 0.2) is 24.3 Å². The van der Waals surface area contributed by atoms with E-state index in [9.17, 15) is 4.79 Å². The van der Waals surface area contributed by atoms with Crippen LogP contribution in [0.2, 0.25) is 0 Å². The highest BCUT2D eigenvalue weighted by molar-refractivity contribution is 5.90. The topological polar surface area (TPSA) is 20.3 Å². The first-order chi connectivity index (χ1) is 8.29. The number of rotatable bonds is 1. The number of amides is 1. The summed E-state index contributed by atoms with van der Waals surface area (Å²) in [7, 11) is 0. The number of benzene rings is 1. The van der Waals surface area contributed by atoms with Crippen LogP contribution in [0.3, 0.4) is 0 Å². The first-order valence-corrected chi connectivity index (χ1v) is 6.66. The van der Waals surface area contributed by atoms with E-state index in [0.29, 0.717) is 5.91 Å². The van der Waals surface area contributed by atoms with Crippen molar-refractivity contribution < 1.29 is 4.79 Å². The van der Waals surface area contributed by atoms with Gasteiger partial charge < -0.3 is 4.90 Å². The minimum absolute atomic E-state index is 0.138. The summed E-state index contributed by atoms with van der Waals surface area (Å²) in [4.78, 5) is 14.5. The quantitative estimate of drug-likeness (QED) is 0.721. The number of hydrogen-bond donors (Lipinski definition) is 0. The molecule has 2 aliphatic carbocycles. The SMILES string of the molecule is O=C(N1CCCc2ccccc2C1)C12CC1C2. The molecule has 2 nitrogen and oxygen atoms in total. The second kappa shape index (κ2) is 3.12. The van der Waals surface area contributed by atoms with Crippen molar-refractivity contribution in [1.29, 1.82) is 0 Å². The third kappa shape index (κ3) is 1.36. The van der Waals surface area contributed by atoms with Gasteiger partial charge in [0.15, 0.2) is 0 Å². The van der Waals surface area contributed by atoms with Crippen molar-refractivity contribution in [3.05, 3.63) is 35.4 Å². The van der Waals surface area contributed by atoms with Crippen LogP contribution in [0.25, 0.3) is 0 Å². The molecule has 1 amide bonds. The fourth-order valence-corrected chi connectivity index (χ4v) is 3.24. The number of nitrogens with zero attached hydrogens (tertiary/aromatic N) is 1. The van der Waals surface area contributed by atoms with Gasteiger partial charge in [-0.1, -0.05) is 24.3 Å². The van der Waals surface area contributed by atoms with Crippen LogP contribution < -0.4 is 0 Å². The van der Waals surface area contributed by atoms with Crippen molar-refractivity contribution in [2.24, 2.45) is 11.3 Å². The zero-order valence-corrected chi connectivity index (χ0v) is 9.98. The van der Waals surface area contributed by atoms with E-state index in [1.807, 2.05) is 0 Å². The molecule has 17 heavy (non-hydrogen) atoms. The third-order valence-electron chi connectivity index (χ3n) is 4.75. The molecular formula is C15H17NO. The van der Waals surface area contributed by atoms with Crippen molar-refractivity contribution in [1.82, 2.24) is 4.90 Å². The van der Waals surface area contributed by atoms with Gasteiger partial charge in [0.25, 0.3) is 0 Å². The number of carbonyl (C=O) groups excluding carboxylic acids is 1. The molecule has 3 aliphatic rings. The Kier molecular flexibility index (Phi) is 1.78. The number of hydrogen-bond acceptors (Lipinski definition) is 1. The van der Waals surface area contributed by atoms with Crippen LogP contribution in [0, 0.1) is 11.3 Å². The van der Waals surface area contributed by atoms with Crippen LogP contribution in [0.4, 0.5) is 0 Å². The molecule has 0 bridgehead atoms. The summed E-state index contributed by atoms with van der Waals surface area (Å²) in [6, 6.07) is 8.57. The normalized spacial score (nSPS) is 33.4. The molecule has 1 aliphatic heterocycles. The van der Waals surface area contributed by atoms with Crippen molar-refractivity contribution in [2.45, 2.75) is 32.2 Å². The summed E-state index contributed by atoms with van der Waals surface area (Å²) in [5, 5.41) is 0. The maximum Gasteiger partial charge on any atom is 0.229 e. The van der Waals surface area contributed by atoms with E-state index < -0.39 is 0 Å². The Bertz CT molecular complexity index is 487. The lowest BCUT2D eigenvalue weighted by molar-refractivity contribution is -0.135. The lowest BCUT2D eigenvalue weighted by Crippen LogP contribution is -2.34. The second-order valence-corrected chi connectivity index (χ2v) is 5.86. The fourth-order valence-electron chi connectivity index (χ4n) is 3.24. The van der Waals surface area contributed by atoms with Crippen LogP contribution in [-0.4, -0.2) is 17.4 Å². The maximum atomic E-state index is 12.4. The first kappa shape index (κ1) is 9.69. The molecule has 0 aromatic heterocycles. The fraction of sp³-hybridized carbons (Fsp3) is 0.533. The lowest BCUT2D eigenvalue weighted by atomic mass is 10.0. The van der Waals surface area contributed by atoms with Crippen molar-refractivity contribution in [3.63, 3.8) is 0 Å². The standard InChI is InChI=1S/C15H17NO/c17-14(15-8-13(15)9-15)16-7-3-6-11-4-1-2-5-12(11)10-16/h1-2,4-5,13H,3,6-10H2. The predicted octanol–water partition coefficient (Wildman–Crippen LogP) is 2.37. The molecule has 0 unspecified atom stereocenters. The van der Waals surface area contributed by atoms with Crippen molar-refractivity contribution in [3.8, 4) is 0 Å². The highest BCUT2D eigenvalue weighted by Gasteiger charge is 2.75. The van der Waals surface area contributed by atoms with Gasteiger partial charge in [-0.15, -0.1) is 0 Å². The number of aryl methyl sites for hydroxylation is 1. The van der Waals surface area contributed by atoms with E-state index in [2.05, 4.69) is 29.2 Å². The summed E-state index contributed by atoms with van der Waals surface area (Å²) < 4.78 is 0. The molecule has 4 rings (SSSR count). The van der Waals surface area contributed by atoms with Gasteiger partial charge in [-0.05, 0) is 42.7 Å². The molecule has 1 aromatic carbocycles. The average Bonchev–Trinajstić information content (AvgIpc) is 3.18. The van der Waals surface area contributed by atoms with Crippen LogP contribution in [0.1, 0.15) is 30.4 Å². The van der Waals surface area contributed by atoms with E-state index in [1.165, 1.54) is 24.0 Å². The Hall–Kier alpha value is -1.31. The van der Waals surface area contributed by atoms with E-state index in [4.69, 9.17) is 0 Å². The Morgan fingerprint density at radius 1 is 1.24 bits per heavy atom. The first-order valence-electron chi connectivity index (χ1n) is 6.66. The summed E-state index contributed by atoms with van der Waals surface area (Å²) in [6.45, 7) is 1.78. The molecule has 0 N–H and O–H groups in total. The highest BCUT2D eigenvalue weighted by Crippen LogP contribution is 2.76. The molecule has 0 radical (unpaired) electrons. The van der Waals surface area contributed by atoms with Gasteiger partial charge in [0.2, 0.25) is 5.91 Å². The van der Waals surface area contributed by atoms with E-state index in [0.717, 1.165) is 31.8 Å². The van der Waals surface area contributed by atoms with Gasteiger partial charge in [-0.2, -0.15) is 0 Å². The molecule has 1 aromatic rings. The molecule has 0 atom stereocenters. The van der Waals surface area contributed by atoms with Crippen molar-refractivity contribution >= 4 is 5.91 Å². The maximum absolute atomic E-state index is 12.4. The summed E-state index contributed by atoms with van der Waals surface area (Å²) in [6.07, 6.45) is 4.58. The zero-order chi connectivity index (χ0) is 11.5. The Morgan fingerprint density at radius 3 is 2.65 bits per heavy atom. The van der Waals surface area contributed by atoms with Crippen LogP contribution in [-0.2, 0) is 17.8 Å². The second-order valence-electron chi connectivity index (χ2n) is 5.86. The summed E-state index contributed by atoms with van der Waals surface area (Å²) in [5.41, 5.74) is 2.93. The molecule has 1 heterocycles. The monoisotopic (exact) mass is 227 g/mol. The molecule has 2 heteroatoms. The van der Waals surface area contributed by atoms with Gasteiger partial charge >= 0.3 is 0 Å². The van der Waals surface area contributed by atoms with Crippen LogP contribution in [0.5, 0.6) is 0 Å². The van der Waals surface area contributed by atoms with Crippen LogP contribution >= 0.6 is 0 Å². The molecule has 0 spiro atoms. The van der Waals surface area contributed by atoms with E-state index >= 15 is 0 Å². The summed E-state index contributed by atoms with van der Waals surface area (Å²) >= 11 is 0. The minimum Gasteiger partial charge on any atom is -0.338 e. The number of carbonyl (C=O) groups is 1. The van der Waals surface area contributed by atoms with Gasteiger partial charge in [0, 0.05) is 13.1 Å². The van der Waals surface area contributed by atoms with Gasteiger partial charge in [0.05, 0.1) is 5.41 Å². The van der Waals surface area contributed by atoms with E-state index in [-0.39, 0.29) is 5.41 Å². The average molecular weight is 227 g/mol. The Balaban J connectivity index is 1.60. The van der Waals surface area contributed by atoms with Crippen molar-refractivity contribution in [2.75, 3.05) is 6.54 Å². The zero-order valence-electron chi connectivity index (χ0n) is 9.98. The predicted molar refractivity (Wildman–Crippen MR) is 65.3 cm³/mol. The highest BCUT2D eigenvalue weighted by atomic mass is 16.2. The third-order valence-corrected chi connectivity index (χ3v) is 4.75. The Morgan fingerprint density at radius 2 is 1.94 bits per heavy atom. The molecule has 2 saturated carbocycles. The van der Waals surface area contributed by atoms with Gasteiger partial charge in [-0.25, -0.2) is 0 Å². The van der Waals surface area contributed by atoms with Gasteiger partial charge in [0.1, 0.15) is 0 Å². The van der Waals surface area contributed by atoms with Gasteiger partial charge in [-0.3, -0.25) is 4.79 Å². The lowest BCUT2D eigenvalue weighted by Gasteiger charge is -2.22. The minimum atomic E-state index is 0.138. The molecule has 88 valence electrons. The smallest absolute Gasteiger partial charge is 0.229 e. The molecular weight excluding hydrogens is 210 g/mol. The largest absolute Gasteiger partial charge is 0.338 e. The van der Waals surface area contributed by atoms with E-state index in [1.54, 1.807) is 0 Å². The Labute approximate surface area is 102 Å². The molecule has 2 fully saturated rings. The molecule has 0 saturated heterocycles. The number of fused-ring (bicyclic) bond motifs is 2. The summed E-state index contributed by atoms with van der Waals surface area (Å²) in [5.74, 6) is 1.20.